The van der Waals surface area contributed by atoms with E-state index in [-0.39, 0.29) is 36.9 Å². The van der Waals surface area contributed by atoms with Crippen LogP contribution in [0.3, 0.4) is 0 Å². The molecular formula is C30H45N5O7. The number of likely N-dealkylation sites (N-methyl/N-ethyl adjacent to an activating group) is 1. The van der Waals surface area contributed by atoms with Gasteiger partial charge >= 0.3 is 12.0 Å². The van der Waals surface area contributed by atoms with Crippen molar-refractivity contribution >= 4 is 35.5 Å². The molecule has 1 heterocycles. The van der Waals surface area contributed by atoms with E-state index in [0.717, 1.165) is 50.5 Å². The van der Waals surface area contributed by atoms with Crippen LogP contribution in [0.5, 0.6) is 0 Å². The Hall–Kier alpha value is -3.44. The molecule has 42 heavy (non-hydrogen) atoms. The minimum Gasteiger partial charge on any atom is -0.461 e. The SMILES string of the molecule is C=C1[C@H]2CN(C(=O)[C@@H](NC(=O)NCC(=O)OC3CCCC3)C(C)(C)C)C(C(=O)NC(CC3CCC3)C(=O)C(=O)NC)[C@@H]12. The lowest BCUT2D eigenvalue weighted by atomic mass is 9.80. The Labute approximate surface area is 247 Å². The van der Waals surface area contributed by atoms with Crippen LogP contribution >= 0.6 is 0 Å². The first kappa shape index (κ1) is 31.5. The average molecular weight is 588 g/mol. The summed E-state index contributed by atoms with van der Waals surface area (Å²) in [4.78, 5) is 79.0. The largest absolute Gasteiger partial charge is 0.461 e. The molecule has 0 bridgehead atoms. The van der Waals surface area contributed by atoms with Gasteiger partial charge in [0, 0.05) is 25.4 Å². The van der Waals surface area contributed by atoms with Gasteiger partial charge in [-0.15, -0.1) is 0 Å². The second kappa shape index (κ2) is 12.8. The zero-order chi connectivity index (χ0) is 30.8. The first-order valence-electron chi connectivity index (χ1n) is 15.1. The van der Waals surface area contributed by atoms with Crippen LogP contribution in [0.25, 0.3) is 0 Å². The molecule has 3 saturated carbocycles. The number of nitrogens with zero attached hydrogens (tertiary/aromatic N) is 1. The molecule has 12 heteroatoms. The first-order chi connectivity index (χ1) is 19.8. The Kier molecular flexibility index (Phi) is 9.62. The molecule has 0 aromatic heterocycles. The van der Waals surface area contributed by atoms with Crippen molar-refractivity contribution in [3.8, 4) is 0 Å². The van der Waals surface area contributed by atoms with Crippen LogP contribution in [0.1, 0.15) is 72.1 Å². The number of ether oxygens (including phenoxy) is 1. The number of rotatable bonds is 11. The molecule has 1 saturated heterocycles. The van der Waals surface area contributed by atoms with E-state index in [1.54, 1.807) is 20.8 Å². The molecule has 5 amide bonds. The van der Waals surface area contributed by atoms with E-state index in [0.29, 0.717) is 6.42 Å². The predicted octanol–water partition coefficient (Wildman–Crippen LogP) is 1.19. The number of carbonyl (C=O) groups is 6. The molecule has 4 N–H and O–H groups in total. The fourth-order valence-corrected chi connectivity index (χ4v) is 6.32. The molecule has 0 radical (unpaired) electrons. The van der Waals surface area contributed by atoms with Crippen molar-refractivity contribution in [2.24, 2.45) is 23.2 Å². The van der Waals surface area contributed by atoms with E-state index in [4.69, 9.17) is 4.74 Å². The zero-order valence-electron chi connectivity index (χ0n) is 25.1. The standard InChI is InChI=1S/C30H45N5O7/c1-16-19-15-35(23(22(16)19)26(38)33-20(13-17-9-8-10-17)24(37)27(39)31-5)28(40)25(30(2,3)4)34-29(41)32-14-21(36)42-18-11-6-7-12-18/h17-20,22-23,25H,1,6-15H2,2-5H3,(H,31,39)(H,33,38)(H2,32,34,41)/t19-,20?,22+,23?,25-/m1/s1. The Morgan fingerprint density at radius 1 is 1.00 bits per heavy atom. The Balaban J connectivity index is 1.43. The lowest BCUT2D eigenvalue weighted by Crippen LogP contribution is -2.61. The minimum absolute atomic E-state index is 0.0516. The summed E-state index contributed by atoms with van der Waals surface area (Å²) in [6.45, 7) is 9.38. The van der Waals surface area contributed by atoms with Crippen LogP contribution in [-0.4, -0.2) is 84.8 Å². The molecule has 0 spiro atoms. The summed E-state index contributed by atoms with van der Waals surface area (Å²) in [6, 6.07) is -3.61. The molecule has 0 aromatic rings. The molecule has 232 valence electrons. The molecule has 0 aromatic carbocycles. The van der Waals surface area contributed by atoms with Crippen LogP contribution in [0.2, 0.25) is 0 Å². The number of urea groups is 1. The maximum absolute atomic E-state index is 13.9. The third-order valence-electron chi connectivity index (χ3n) is 9.11. The summed E-state index contributed by atoms with van der Waals surface area (Å²) in [7, 11) is 1.37. The van der Waals surface area contributed by atoms with Gasteiger partial charge in [-0.3, -0.25) is 24.0 Å². The number of hydrogen-bond donors (Lipinski definition) is 4. The maximum atomic E-state index is 13.9. The summed E-state index contributed by atoms with van der Waals surface area (Å²) in [5.41, 5.74) is 0.136. The van der Waals surface area contributed by atoms with Crippen LogP contribution in [0, 0.1) is 23.2 Å². The molecule has 3 aliphatic carbocycles. The van der Waals surface area contributed by atoms with Crippen molar-refractivity contribution in [3.63, 3.8) is 0 Å². The number of fused-ring (bicyclic) bond motifs is 1. The van der Waals surface area contributed by atoms with Gasteiger partial charge in [-0.05, 0) is 43.4 Å². The average Bonchev–Trinajstić information content (AvgIpc) is 3.28. The van der Waals surface area contributed by atoms with Crippen LogP contribution in [-0.2, 0) is 28.7 Å². The Morgan fingerprint density at radius 3 is 2.24 bits per heavy atom. The van der Waals surface area contributed by atoms with E-state index in [2.05, 4.69) is 27.8 Å². The summed E-state index contributed by atoms with van der Waals surface area (Å²) in [5.74, 6) is -3.04. The van der Waals surface area contributed by atoms with E-state index in [1.165, 1.54) is 11.9 Å². The van der Waals surface area contributed by atoms with Crippen molar-refractivity contribution in [1.82, 2.24) is 26.2 Å². The smallest absolute Gasteiger partial charge is 0.325 e. The quantitative estimate of drug-likeness (QED) is 0.160. The third-order valence-corrected chi connectivity index (χ3v) is 9.11. The van der Waals surface area contributed by atoms with Gasteiger partial charge in [0.2, 0.25) is 17.6 Å². The second-order valence-corrected chi connectivity index (χ2v) is 13.2. The highest BCUT2D eigenvalue weighted by Gasteiger charge is 2.61. The number of nitrogens with one attached hydrogen (secondary N) is 4. The minimum atomic E-state index is -1.01. The zero-order valence-corrected chi connectivity index (χ0v) is 25.1. The Bertz CT molecular complexity index is 1120. The molecule has 4 aliphatic rings. The Morgan fingerprint density at radius 2 is 1.67 bits per heavy atom. The van der Waals surface area contributed by atoms with E-state index < -0.39 is 59.0 Å². The lowest BCUT2D eigenvalue weighted by molar-refractivity contribution is -0.147. The van der Waals surface area contributed by atoms with E-state index in [1.807, 2.05) is 0 Å². The van der Waals surface area contributed by atoms with Crippen LogP contribution in [0.4, 0.5) is 4.79 Å². The number of amides is 5. The van der Waals surface area contributed by atoms with E-state index in [9.17, 15) is 28.8 Å². The molecule has 1 aliphatic heterocycles. The second-order valence-electron chi connectivity index (χ2n) is 13.2. The van der Waals surface area contributed by atoms with Crippen LogP contribution < -0.4 is 21.3 Å². The van der Waals surface area contributed by atoms with Crippen molar-refractivity contribution < 1.29 is 33.5 Å². The number of carbonyl (C=O) groups excluding carboxylic acids is 6. The number of piperidine rings is 1. The van der Waals surface area contributed by atoms with Gasteiger partial charge in [0.1, 0.15) is 24.7 Å². The number of esters is 1. The van der Waals surface area contributed by atoms with Gasteiger partial charge < -0.3 is 30.9 Å². The van der Waals surface area contributed by atoms with Gasteiger partial charge in [0.25, 0.3) is 5.91 Å². The molecular weight excluding hydrogens is 542 g/mol. The number of Topliss-reactive ketones (excluding diaryl/α,β-unsaturated/α-hetero) is 1. The number of ketones is 1. The number of hydrogen-bond acceptors (Lipinski definition) is 7. The molecule has 4 fully saturated rings. The highest BCUT2D eigenvalue weighted by atomic mass is 16.5. The van der Waals surface area contributed by atoms with Crippen molar-refractivity contribution in [2.45, 2.75) is 96.4 Å². The molecule has 12 nitrogen and oxygen atoms in total. The summed E-state index contributed by atoms with van der Waals surface area (Å²) in [5, 5.41) is 10.3. The molecule has 4 rings (SSSR count). The fraction of sp³-hybridized carbons (Fsp3) is 0.733. The highest BCUT2D eigenvalue weighted by Crippen LogP contribution is 2.54. The lowest BCUT2D eigenvalue weighted by Gasteiger charge is -2.37. The summed E-state index contributed by atoms with van der Waals surface area (Å²) in [6.07, 6.45) is 6.82. The predicted molar refractivity (Wildman–Crippen MR) is 153 cm³/mol. The summed E-state index contributed by atoms with van der Waals surface area (Å²) >= 11 is 0. The topological polar surface area (TPSA) is 163 Å². The van der Waals surface area contributed by atoms with Crippen LogP contribution in [0.15, 0.2) is 12.2 Å². The van der Waals surface area contributed by atoms with E-state index >= 15 is 0 Å². The van der Waals surface area contributed by atoms with Gasteiger partial charge in [0.05, 0.1) is 6.04 Å². The van der Waals surface area contributed by atoms with Crippen molar-refractivity contribution in [1.29, 1.82) is 0 Å². The van der Waals surface area contributed by atoms with Crippen molar-refractivity contribution in [2.75, 3.05) is 20.1 Å². The first-order valence-corrected chi connectivity index (χ1v) is 15.1. The number of likely N-dealkylation sites (tertiary alicyclic amines) is 1. The van der Waals surface area contributed by atoms with Crippen molar-refractivity contribution in [3.05, 3.63) is 12.2 Å². The maximum Gasteiger partial charge on any atom is 0.325 e. The highest BCUT2D eigenvalue weighted by molar-refractivity contribution is 6.38. The van der Waals surface area contributed by atoms with Gasteiger partial charge in [-0.1, -0.05) is 52.2 Å². The normalized spacial score (nSPS) is 25.0. The fourth-order valence-electron chi connectivity index (χ4n) is 6.32. The monoisotopic (exact) mass is 587 g/mol. The summed E-state index contributed by atoms with van der Waals surface area (Å²) < 4.78 is 5.38. The third kappa shape index (κ3) is 7.12. The molecule has 5 atom stereocenters. The van der Waals surface area contributed by atoms with Gasteiger partial charge in [-0.2, -0.15) is 0 Å². The van der Waals surface area contributed by atoms with Gasteiger partial charge in [0.15, 0.2) is 0 Å². The molecule has 2 unspecified atom stereocenters. The van der Waals surface area contributed by atoms with Gasteiger partial charge in [-0.25, -0.2) is 4.79 Å².